The van der Waals surface area contributed by atoms with Gasteiger partial charge in [0.05, 0.1) is 12.2 Å². The summed E-state index contributed by atoms with van der Waals surface area (Å²) in [5.41, 5.74) is 2.03. The van der Waals surface area contributed by atoms with E-state index < -0.39 is 0 Å². The summed E-state index contributed by atoms with van der Waals surface area (Å²) in [4.78, 5) is 10.0. The van der Waals surface area contributed by atoms with Gasteiger partial charge in [-0.25, -0.2) is 9.97 Å². The van der Waals surface area contributed by atoms with Crippen LogP contribution >= 0.6 is 34.3 Å². The van der Waals surface area contributed by atoms with E-state index in [1.807, 2.05) is 42.9 Å². The highest BCUT2D eigenvalue weighted by Gasteiger charge is 2.05. The van der Waals surface area contributed by atoms with Crippen LogP contribution in [-0.2, 0) is 6.54 Å². The van der Waals surface area contributed by atoms with E-state index in [2.05, 4.69) is 20.6 Å². The molecule has 0 radical (unpaired) electrons. The zero-order valence-electron chi connectivity index (χ0n) is 12.0. The number of rotatable bonds is 5. The lowest BCUT2D eigenvalue weighted by Crippen LogP contribution is -3.00. The average molecular weight is 408 g/mol. The molecule has 0 aliphatic carbocycles. The van der Waals surface area contributed by atoms with Gasteiger partial charge in [-0.2, -0.15) is 0 Å². The molecule has 2 heterocycles. The summed E-state index contributed by atoms with van der Waals surface area (Å²) >= 11 is 9.12. The molecular formula is C14H13Cl3N4S2-2. The Hall–Kier alpha value is -1.05. The largest absolute Gasteiger partial charge is 1.00 e. The molecule has 0 spiro atoms. The van der Waals surface area contributed by atoms with Crippen LogP contribution in [0.25, 0.3) is 11.3 Å². The third-order valence-electron chi connectivity index (χ3n) is 2.83. The first-order chi connectivity index (χ1) is 10.2. The molecule has 0 saturated carbocycles. The highest BCUT2D eigenvalue weighted by molar-refractivity contribution is 7.15. The van der Waals surface area contributed by atoms with Crippen molar-refractivity contribution in [3.63, 3.8) is 0 Å². The third kappa shape index (κ3) is 5.22. The van der Waals surface area contributed by atoms with E-state index in [1.165, 1.54) is 4.88 Å². The Bertz CT molecular complexity index is 728. The van der Waals surface area contributed by atoms with Gasteiger partial charge in [0.25, 0.3) is 0 Å². The van der Waals surface area contributed by atoms with Crippen molar-refractivity contribution in [1.82, 2.24) is 9.97 Å². The molecule has 23 heavy (non-hydrogen) atoms. The maximum Gasteiger partial charge on any atom is 0.183 e. The normalized spacial score (nSPS) is 9.65. The molecule has 0 unspecified atom stereocenters. The van der Waals surface area contributed by atoms with E-state index in [-0.39, 0.29) is 24.8 Å². The lowest BCUT2D eigenvalue weighted by atomic mass is 10.2. The maximum absolute atomic E-state index is 5.90. The van der Waals surface area contributed by atoms with Crippen LogP contribution in [0, 0.1) is 0 Å². The van der Waals surface area contributed by atoms with E-state index in [4.69, 9.17) is 11.6 Å². The number of aromatic nitrogens is 2. The molecule has 0 aliphatic rings. The molecule has 2 aromatic heterocycles. The van der Waals surface area contributed by atoms with Crippen LogP contribution in [-0.4, -0.2) is 17.0 Å². The van der Waals surface area contributed by atoms with Crippen molar-refractivity contribution in [1.29, 1.82) is 0 Å². The number of hydrogen-bond donors (Lipinski definition) is 2. The van der Waals surface area contributed by atoms with E-state index in [1.54, 1.807) is 22.7 Å². The topological polar surface area (TPSA) is 49.8 Å². The quantitative estimate of drug-likeness (QED) is 0.545. The molecule has 9 heteroatoms. The zero-order chi connectivity index (χ0) is 14.7. The van der Waals surface area contributed by atoms with Crippen LogP contribution in [0.4, 0.5) is 10.3 Å². The van der Waals surface area contributed by atoms with Gasteiger partial charge in [-0.3, -0.25) is 0 Å². The Balaban J connectivity index is 0.00000132. The molecule has 0 bridgehead atoms. The lowest BCUT2D eigenvalue weighted by Gasteiger charge is -1.99. The summed E-state index contributed by atoms with van der Waals surface area (Å²) in [7, 11) is 1.87. The Morgan fingerprint density at radius 2 is 1.87 bits per heavy atom. The third-order valence-corrected chi connectivity index (χ3v) is 4.89. The van der Waals surface area contributed by atoms with Gasteiger partial charge in [-0.15, -0.1) is 22.7 Å². The van der Waals surface area contributed by atoms with E-state index >= 15 is 0 Å². The second-order valence-corrected chi connectivity index (χ2v) is 6.69. The predicted molar refractivity (Wildman–Crippen MR) is 91.5 cm³/mol. The highest BCUT2D eigenvalue weighted by atomic mass is 35.5. The van der Waals surface area contributed by atoms with Gasteiger partial charge < -0.3 is 35.4 Å². The smallest absolute Gasteiger partial charge is 0.183 e. The number of thiazole rings is 2. The Morgan fingerprint density at radius 1 is 1.13 bits per heavy atom. The zero-order valence-corrected chi connectivity index (χ0v) is 15.9. The Labute approximate surface area is 160 Å². The second kappa shape index (κ2) is 9.30. The van der Waals surface area contributed by atoms with Crippen LogP contribution < -0.4 is 35.4 Å². The van der Waals surface area contributed by atoms with Crippen LogP contribution in [0.5, 0.6) is 0 Å². The van der Waals surface area contributed by atoms with Crippen molar-refractivity contribution in [3.05, 3.63) is 45.7 Å². The fraction of sp³-hybridized carbons (Fsp3) is 0.143. The molecule has 2 N–H and O–H groups in total. The summed E-state index contributed by atoms with van der Waals surface area (Å²) in [6.45, 7) is 0.729. The number of nitrogens with one attached hydrogen (secondary N) is 2. The SMILES string of the molecule is CNc1ncc(CNc2nc(-c3ccc(Cl)cc3)cs2)s1.[Cl-].[Cl-]. The van der Waals surface area contributed by atoms with Crippen molar-refractivity contribution >= 4 is 44.5 Å². The summed E-state index contributed by atoms with van der Waals surface area (Å²) in [5, 5.41) is 11.0. The minimum atomic E-state index is 0. The molecule has 0 aliphatic heterocycles. The Kier molecular flexibility index (Phi) is 8.08. The molecule has 0 saturated heterocycles. The average Bonchev–Trinajstić information content (AvgIpc) is 3.15. The summed E-state index contributed by atoms with van der Waals surface area (Å²) < 4.78 is 0. The Morgan fingerprint density at radius 3 is 2.52 bits per heavy atom. The second-order valence-electron chi connectivity index (χ2n) is 4.28. The van der Waals surface area contributed by atoms with Crippen LogP contribution in [0.1, 0.15) is 4.88 Å². The molecule has 0 fully saturated rings. The van der Waals surface area contributed by atoms with E-state index in [0.29, 0.717) is 0 Å². The standard InChI is InChI=1S/C14H13ClN4S2.2ClH/c1-16-13-17-6-11(21-13)7-18-14-19-12(8-20-14)9-2-4-10(15)5-3-9;;/h2-6,8H,7H2,1H3,(H,16,17)(H,18,19);2*1H/p-2. The van der Waals surface area contributed by atoms with Gasteiger partial charge >= 0.3 is 0 Å². The number of anilines is 2. The molecular weight excluding hydrogens is 395 g/mol. The van der Waals surface area contributed by atoms with Crippen molar-refractivity contribution < 1.29 is 24.8 Å². The van der Waals surface area contributed by atoms with E-state index in [0.717, 1.165) is 33.1 Å². The summed E-state index contributed by atoms with van der Waals surface area (Å²) in [5.74, 6) is 0. The predicted octanol–water partition coefficient (Wildman–Crippen LogP) is -1.42. The van der Waals surface area contributed by atoms with Crippen LogP contribution in [0.2, 0.25) is 5.02 Å². The number of benzene rings is 1. The number of hydrogen-bond acceptors (Lipinski definition) is 6. The van der Waals surface area contributed by atoms with E-state index in [9.17, 15) is 0 Å². The number of halogens is 3. The molecule has 1 aromatic carbocycles. The van der Waals surface area contributed by atoms with Gasteiger partial charge in [-0.1, -0.05) is 23.7 Å². The van der Waals surface area contributed by atoms with Crippen molar-refractivity contribution in [2.45, 2.75) is 6.54 Å². The van der Waals surface area contributed by atoms with Crippen molar-refractivity contribution in [3.8, 4) is 11.3 Å². The molecule has 3 rings (SSSR count). The maximum atomic E-state index is 5.90. The van der Waals surface area contributed by atoms with Crippen molar-refractivity contribution in [2.24, 2.45) is 0 Å². The van der Waals surface area contributed by atoms with Gasteiger partial charge in [0.1, 0.15) is 0 Å². The number of nitrogens with zero attached hydrogens (tertiary/aromatic N) is 2. The first-order valence-electron chi connectivity index (χ1n) is 6.32. The molecule has 4 nitrogen and oxygen atoms in total. The summed E-state index contributed by atoms with van der Waals surface area (Å²) in [6, 6.07) is 7.70. The van der Waals surface area contributed by atoms with Crippen molar-refractivity contribution in [2.75, 3.05) is 17.7 Å². The molecule has 124 valence electrons. The lowest BCUT2D eigenvalue weighted by molar-refractivity contribution is -0.00100. The highest BCUT2D eigenvalue weighted by Crippen LogP contribution is 2.27. The van der Waals surface area contributed by atoms with Gasteiger partial charge in [-0.05, 0) is 12.1 Å². The molecule has 3 aromatic rings. The van der Waals surface area contributed by atoms with Gasteiger partial charge in [0, 0.05) is 34.1 Å². The molecule has 0 amide bonds. The fourth-order valence-electron chi connectivity index (χ4n) is 1.78. The van der Waals surface area contributed by atoms with Gasteiger partial charge in [0.15, 0.2) is 10.3 Å². The first kappa shape index (κ1) is 20.0. The minimum Gasteiger partial charge on any atom is -1.00 e. The summed E-state index contributed by atoms with van der Waals surface area (Å²) in [6.07, 6.45) is 1.87. The minimum absolute atomic E-state index is 0. The van der Waals surface area contributed by atoms with Crippen LogP contribution in [0.3, 0.4) is 0 Å². The van der Waals surface area contributed by atoms with Crippen LogP contribution in [0.15, 0.2) is 35.8 Å². The van der Waals surface area contributed by atoms with Gasteiger partial charge in [0.2, 0.25) is 0 Å². The fourth-order valence-corrected chi connectivity index (χ4v) is 3.33. The monoisotopic (exact) mass is 406 g/mol. The molecule has 0 atom stereocenters. The first-order valence-corrected chi connectivity index (χ1v) is 8.40.